The maximum absolute atomic E-state index is 12.2. The number of nitrogens with two attached hydrogens (primary N) is 2. The van der Waals surface area contributed by atoms with Crippen LogP contribution in [0.3, 0.4) is 0 Å². The van der Waals surface area contributed by atoms with Gasteiger partial charge >= 0.3 is 0 Å². The predicted molar refractivity (Wildman–Crippen MR) is 128 cm³/mol. The van der Waals surface area contributed by atoms with E-state index >= 15 is 0 Å². The highest BCUT2D eigenvalue weighted by molar-refractivity contribution is 5.93. The van der Waals surface area contributed by atoms with Crippen molar-refractivity contribution in [3.63, 3.8) is 0 Å². The van der Waals surface area contributed by atoms with Crippen LogP contribution in [0, 0.1) is 0 Å². The van der Waals surface area contributed by atoms with E-state index in [0.717, 1.165) is 0 Å². The molecule has 0 radical (unpaired) electrons. The molecule has 2 amide bonds. The van der Waals surface area contributed by atoms with Crippen LogP contribution in [0.1, 0.15) is 38.1 Å². The van der Waals surface area contributed by atoms with E-state index in [1.54, 1.807) is 61.1 Å². The van der Waals surface area contributed by atoms with Crippen molar-refractivity contribution >= 4 is 35.4 Å². The molecule has 4 aromatic heterocycles. The molecule has 0 aliphatic heterocycles. The van der Waals surface area contributed by atoms with Crippen LogP contribution < -0.4 is 22.1 Å². The number of anilines is 2. The summed E-state index contributed by atoms with van der Waals surface area (Å²) in [4.78, 5) is 44.4. The first kappa shape index (κ1) is 22.2. The van der Waals surface area contributed by atoms with Crippen molar-refractivity contribution in [3.05, 3.63) is 83.5 Å². The van der Waals surface area contributed by atoms with E-state index in [-0.39, 0.29) is 30.3 Å². The minimum Gasteiger partial charge on any atom is -0.369 e. The van der Waals surface area contributed by atoms with Crippen LogP contribution in [0.25, 0.3) is 11.6 Å². The molecule has 0 unspecified atom stereocenters. The average molecular weight is 461 g/mol. The molecule has 10 N–H and O–H groups in total. The highest BCUT2D eigenvalue weighted by Gasteiger charge is 2.16. The second-order valence-electron chi connectivity index (χ2n) is 7.17. The van der Waals surface area contributed by atoms with Gasteiger partial charge in [-0.1, -0.05) is 12.2 Å². The van der Waals surface area contributed by atoms with E-state index in [1.807, 2.05) is 0 Å². The zero-order valence-corrected chi connectivity index (χ0v) is 18.1. The number of hydrogen-bond acceptors (Lipinski definition) is 6. The molecule has 4 heterocycles. The lowest BCUT2D eigenvalue weighted by Crippen LogP contribution is -2.23. The lowest BCUT2D eigenvalue weighted by Gasteiger charge is -2.06. The third kappa shape index (κ3) is 5.24. The van der Waals surface area contributed by atoms with Crippen LogP contribution in [0.15, 0.2) is 55.0 Å². The zero-order chi connectivity index (χ0) is 23.9. The number of carbonyl (C=O) groups is 2. The molecule has 0 fully saturated rings. The Morgan fingerprint density at radius 3 is 2.18 bits per heavy atom. The van der Waals surface area contributed by atoms with Gasteiger partial charge in [0.2, 0.25) is 0 Å². The number of aromatic nitrogens is 6. The van der Waals surface area contributed by atoms with E-state index in [9.17, 15) is 9.59 Å². The fourth-order valence-electron chi connectivity index (χ4n) is 3.25. The van der Waals surface area contributed by atoms with E-state index in [4.69, 9.17) is 11.5 Å². The number of imidazole rings is 2. The van der Waals surface area contributed by atoms with Gasteiger partial charge in [-0.2, -0.15) is 0 Å². The summed E-state index contributed by atoms with van der Waals surface area (Å²) in [7, 11) is 0. The number of rotatable bonds is 9. The molecule has 0 atom stereocenters. The second kappa shape index (κ2) is 10.1. The van der Waals surface area contributed by atoms with E-state index < -0.39 is 0 Å². The molecule has 0 bridgehead atoms. The molecule has 0 saturated heterocycles. The summed E-state index contributed by atoms with van der Waals surface area (Å²) >= 11 is 0. The summed E-state index contributed by atoms with van der Waals surface area (Å²) in [5.41, 5.74) is 15.0. The monoisotopic (exact) mass is 460 g/mol. The van der Waals surface area contributed by atoms with Crippen molar-refractivity contribution < 1.29 is 9.59 Å². The Morgan fingerprint density at radius 1 is 0.912 bits per heavy atom. The van der Waals surface area contributed by atoms with Gasteiger partial charge in [0.05, 0.1) is 23.3 Å². The molecule has 12 heteroatoms. The number of nitrogens with zero attached hydrogens (tertiary/aromatic N) is 2. The molecule has 4 aromatic rings. The number of carbonyl (C=O) groups excluding carboxylic acids is 2. The average Bonchev–Trinajstić information content (AvgIpc) is 3.62. The Labute approximate surface area is 194 Å². The van der Waals surface area contributed by atoms with E-state index in [1.165, 1.54) is 0 Å². The first-order valence-electron chi connectivity index (χ1n) is 10.4. The van der Waals surface area contributed by atoms with Crippen LogP contribution in [-0.4, -0.2) is 54.8 Å². The quantitative estimate of drug-likeness (QED) is 0.185. The van der Waals surface area contributed by atoms with Crippen molar-refractivity contribution in [1.29, 1.82) is 0 Å². The zero-order valence-electron chi connectivity index (χ0n) is 18.1. The molecule has 0 saturated carbocycles. The molecular formula is C22H24N10O2. The first-order valence-corrected chi connectivity index (χ1v) is 10.4. The smallest absolute Gasteiger partial charge is 0.267 e. The van der Waals surface area contributed by atoms with Crippen LogP contribution >= 0.6 is 0 Å². The fraction of sp³-hybridized carbons (Fsp3) is 0.0909. The van der Waals surface area contributed by atoms with Gasteiger partial charge in [-0.3, -0.25) is 9.59 Å². The van der Waals surface area contributed by atoms with Gasteiger partial charge < -0.3 is 42.0 Å². The topological polar surface area (TPSA) is 199 Å². The van der Waals surface area contributed by atoms with Gasteiger partial charge in [0.15, 0.2) is 11.9 Å². The predicted octanol–water partition coefficient (Wildman–Crippen LogP) is 1.26. The normalized spacial score (nSPS) is 11.7. The first-order chi connectivity index (χ1) is 16.5. The fourth-order valence-corrected chi connectivity index (χ4v) is 3.25. The summed E-state index contributed by atoms with van der Waals surface area (Å²) in [6.07, 6.45) is 10.2. The van der Waals surface area contributed by atoms with Crippen molar-refractivity contribution in [2.24, 2.45) is 0 Å². The van der Waals surface area contributed by atoms with Gasteiger partial charge in [-0.25, -0.2) is 9.97 Å². The van der Waals surface area contributed by atoms with Crippen LogP contribution in [0.2, 0.25) is 0 Å². The van der Waals surface area contributed by atoms with Gasteiger partial charge in [0.1, 0.15) is 11.4 Å². The molecule has 34 heavy (non-hydrogen) atoms. The molecule has 0 spiro atoms. The van der Waals surface area contributed by atoms with Gasteiger partial charge in [0.25, 0.3) is 11.8 Å². The summed E-state index contributed by atoms with van der Waals surface area (Å²) in [5, 5.41) is 5.60. The highest BCUT2D eigenvalue weighted by Crippen LogP contribution is 2.25. The second-order valence-corrected chi connectivity index (χ2v) is 7.17. The van der Waals surface area contributed by atoms with Gasteiger partial charge in [0, 0.05) is 31.1 Å². The number of H-pyrrole nitrogens is 4. The molecule has 0 aliphatic carbocycles. The van der Waals surface area contributed by atoms with Crippen molar-refractivity contribution in [1.82, 2.24) is 40.5 Å². The summed E-state index contributed by atoms with van der Waals surface area (Å²) in [6, 6.07) is 6.87. The van der Waals surface area contributed by atoms with Gasteiger partial charge in [-0.05, 0) is 30.3 Å². The Bertz CT molecular complexity index is 1310. The van der Waals surface area contributed by atoms with Crippen molar-refractivity contribution in [2.75, 3.05) is 24.6 Å². The lowest BCUT2D eigenvalue weighted by molar-refractivity contribution is 0.0945. The highest BCUT2D eigenvalue weighted by atomic mass is 16.2. The van der Waals surface area contributed by atoms with Crippen LogP contribution in [0.5, 0.6) is 0 Å². The third-order valence-corrected chi connectivity index (χ3v) is 4.81. The third-order valence-electron chi connectivity index (χ3n) is 4.81. The Balaban J connectivity index is 1.52. The Morgan fingerprint density at radius 2 is 1.59 bits per heavy atom. The largest absolute Gasteiger partial charge is 0.369 e. The van der Waals surface area contributed by atoms with Crippen molar-refractivity contribution in [2.45, 2.75) is 0 Å². The standard InChI is InChI=1S/C22H24N10O2/c23-21-29-12-17(31-21)13(7-11-28-20(34)16-6-3-9-26-16)18-14(30-22(24)32-18)4-1-10-27-19(33)15-5-2-8-25-15/h1-9,12,25-26H,10-11H2,(H,27,33)(H,28,34)(H3,23,29,31)(H3,24,30,32)/b4-1+,13-7+. The summed E-state index contributed by atoms with van der Waals surface area (Å²) in [6.45, 7) is 0.507. The lowest BCUT2D eigenvalue weighted by atomic mass is 10.1. The van der Waals surface area contributed by atoms with Crippen molar-refractivity contribution in [3.8, 4) is 0 Å². The minimum atomic E-state index is -0.246. The number of amides is 2. The maximum atomic E-state index is 12.2. The maximum Gasteiger partial charge on any atom is 0.267 e. The van der Waals surface area contributed by atoms with E-state index in [2.05, 4.69) is 40.5 Å². The molecule has 4 rings (SSSR count). The Kier molecular flexibility index (Phi) is 6.58. The number of aromatic amines is 4. The minimum absolute atomic E-state index is 0.207. The summed E-state index contributed by atoms with van der Waals surface area (Å²) < 4.78 is 0. The van der Waals surface area contributed by atoms with Crippen LogP contribution in [0.4, 0.5) is 11.9 Å². The molecular weight excluding hydrogens is 436 g/mol. The number of nitrogens with one attached hydrogen (secondary N) is 6. The molecule has 0 aliphatic rings. The number of hydrogen-bond donors (Lipinski definition) is 8. The SMILES string of the molecule is Nc1ncc(/C(=C\CNC(=O)c2ccc[nH]2)c2nc(N)[nH]c2/C=C/CNC(=O)c2ccc[nH]2)[nH]1. The van der Waals surface area contributed by atoms with E-state index in [0.29, 0.717) is 40.6 Å². The Hall–Kier alpha value is -5.00. The van der Waals surface area contributed by atoms with Gasteiger partial charge in [-0.15, -0.1) is 0 Å². The molecule has 174 valence electrons. The molecule has 0 aromatic carbocycles. The summed E-state index contributed by atoms with van der Waals surface area (Å²) in [5.74, 6) is -0.0163. The number of nitrogen functional groups attached to an aromatic ring is 2. The molecule has 12 nitrogen and oxygen atoms in total. The van der Waals surface area contributed by atoms with Crippen LogP contribution in [-0.2, 0) is 0 Å².